The van der Waals surface area contributed by atoms with E-state index in [-0.39, 0.29) is 11.8 Å². The molecule has 1 aromatic heterocycles. The number of H-pyrrole nitrogens is 1. The standard InChI is InChI=1S/C19H23N3O2/c1-13-10-15(3)17(11-14(13)2)19(24)22-8-6-21(7-9-22)18(23)16-4-5-20-12-16/h4-5,10-12,20H,6-9H2,1-3H3. The highest BCUT2D eigenvalue weighted by atomic mass is 16.2. The van der Waals surface area contributed by atoms with Crippen LogP contribution in [-0.2, 0) is 0 Å². The van der Waals surface area contributed by atoms with Crippen molar-refractivity contribution in [1.82, 2.24) is 14.8 Å². The Morgan fingerprint density at radius 3 is 2.04 bits per heavy atom. The maximum Gasteiger partial charge on any atom is 0.255 e. The fraction of sp³-hybridized carbons (Fsp3) is 0.368. The van der Waals surface area contributed by atoms with Crippen LogP contribution in [0.25, 0.3) is 0 Å². The van der Waals surface area contributed by atoms with Crippen LogP contribution < -0.4 is 0 Å². The molecule has 0 aliphatic carbocycles. The van der Waals surface area contributed by atoms with Crippen LogP contribution in [-0.4, -0.2) is 52.8 Å². The van der Waals surface area contributed by atoms with Gasteiger partial charge in [-0.1, -0.05) is 6.07 Å². The molecule has 0 saturated carbocycles. The maximum absolute atomic E-state index is 12.8. The lowest BCUT2D eigenvalue weighted by molar-refractivity contribution is 0.0535. The Labute approximate surface area is 142 Å². The van der Waals surface area contributed by atoms with Crippen molar-refractivity contribution in [2.24, 2.45) is 0 Å². The lowest BCUT2D eigenvalue weighted by atomic mass is 10.00. The Hall–Kier alpha value is -2.56. The van der Waals surface area contributed by atoms with Gasteiger partial charge in [0.2, 0.25) is 0 Å². The second-order valence-corrected chi connectivity index (χ2v) is 6.44. The summed E-state index contributed by atoms with van der Waals surface area (Å²) in [4.78, 5) is 31.7. The number of rotatable bonds is 2. The van der Waals surface area contributed by atoms with Gasteiger partial charge >= 0.3 is 0 Å². The number of carbonyl (C=O) groups is 2. The van der Waals surface area contributed by atoms with Gasteiger partial charge in [-0.15, -0.1) is 0 Å². The molecule has 3 rings (SSSR count). The van der Waals surface area contributed by atoms with E-state index in [1.807, 2.05) is 24.8 Å². The quantitative estimate of drug-likeness (QED) is 0.922. The van der Waals surface area contributed by atoms with E-state index < -0.39 is 0 Å². The van der Waals surface area contributed by atoms with Gasteiger partial charge < -0.3 is 14.8 Å². The van der Waals surface area contributed by atoms with Crippen molar-refractivity contribution in [1.29, 1.82) is 0 Å². The van der Waals surface area contributed by atoms with Gasteiger partial charge in [-0.2, -0.15) is 0 Å². The molecule has 1 saturated heterocycles. The summed E-state index contributed by atoms with van der Waals surface area (Å²) in [5.41, 5.74) is 4.77. The largest absolute Gasteiger partial charge is 0.367 e. The second kappa shape index (κ2) is 6.51. The molecule has 2 heterocycles. The van der Waals surface area contributed by atoms with E-state index in [0.717, 1.165) is 16.7 Å². The van der Waals surface area contributed by atoms with Gasteiger partial charge in [0.05, 0.1) is 5.56 Å². The van der Waals surface area contributed by atoms with Crippen molar-refractivity contribution in [3.05, 3.63) is 58.4 Å². The molecule has 0 spiro atoms. The minimum absolute atomic E-state index is 0.0192. The maximum atomic E-state index is 12.8. The molecule has 0 atom stereocenters. The lowest BCUT2D eigenvalue weighted by Gasteiger charge is -2.35. The summed E-state index contributed by atoms with van der Waals surface area (Å²) in [6, 6.07) is 5.82. The zero-order valence-corrected chi connectivity index (χ0v) is 14.4. The van der Waals surface area contributed by atoms with E-state index >= 15 is 0 Å². The van der Waals surface area contributed by atoms with E-state index in [0.29, 0.717) is 31.7 Å². The third-order valence-corrected chi connectivity index (χ3v) is 4.77. The zero-order chi connectivity index (χ0) is 17.3. The minimum Gasteiger partial charge on any atom is -0.367 e. The first-order valence-corrected chi connectivity index (χ1v) is 8.26. The molecular weight excluding hydrogens is 302 g/mol. The van der Waals surface area contributed by atoms with Gasteiger partial charge in [0.25, 0.3) is 11.8 Å². The van der Waals surface area contributed by atoms with Gasteiger partial charge in [-0.25, -0.2) is 0 Å². The first kappa shape index (κ1) is 16.3. The molecule has 0 bridgehead atoms. The van der Waals surface area contributed by atoms with Crippen molar-refractivity contribution in [3.63, 3.8) is 0 Å². The molecule has 24 heavy (non-hydrogen) atoms. The van der Waals surface area contributed by atoms with Crippen molar-refractivity contribution in [2.45, 2.75) is 20.8 Å². The number of nitrogens with one attached hydrogen (secondary N) is 1. The third kappa shape index (κ3) is 3.07. The summed E-state index contributed by atoms with van der Waals surface area (Å²) < 4.78 is 0. The van der Waals surface area contributed by atoms with Crippen LogP contribution in [0.15, 0.2) is 30.6 Å². The number of amides is 2. The molecule has 1 fully saturated rings. The Morgan fingerprint density at radius 1 is 0.875 bits per heavy atom. The first-order valence-electron chi connectivity index (χ1n) is 8.26. The molecular formula is C19H23N3O2. The molecule has 1 aliphatic heterocycles. The molecule has 2 aromatic rings. The van der Waals surface area contributed by atoms with Gasteiger partial charge in [0.15, 0.2) is 0 Å². The normalized spacial score (nSPS) is 14.8. The van der Waals surface area contributed by atoms with Gasteiger partial charge in [-0.05, 0) is 49.6 Å². The average Bonchev–Trinajstić information content (AvgIpc) is 3.11. The Morgan fingerprint density at radius 2 is 1.46 bits per heavy atom. The van der Waals surface area contributed by atoms with Crippen molar-refractivity contribution >= 4 is 11.8 Å². The smallest absolute Gasteiger partial charge is 0.255 e. The topological polar surface area (TPSA) is 56.4 Å². The molecule has 0 unspecified atom stereocenters. The van der Waals surface area contributed by atoms with Gasteiger partial charge in [0.1, 0.15) is 0 Å². The van der Waals surface area contributed by atoms with Crippen LogP contribution >= 0.6 is 0 Å². The number of aryl methyl sites for hydroxylation is 3. The number of hydrogen-bond donors (Lipinski definition) is 1. The number of nitrogens with zero attached hydrogens (tertiary/aromatic N) is 2. The average molecular weight is 325 g/mol. The number of aromatic amines is 1. The molecule has 2 amide bonds. The summed E-state index contributed by atoms with van der Waals surface area (Å²) in [6.45, 7) is 8.34. The number of benzene rings is 1. The SMILES string of the molecule is Cc1cc(C)c(C(=O)N2CCN(C(=O)c3cc[nH]c3)CC2)cc1C. The lowest BCUT2D eigenvalue weighted by Crippen LogP contribution is -2.50. The van der Waals surface area contributed by atoms with Crippen LogP contribution in [0, 0.1) is 20.8 Å². The monoisotopic (exact) mass is 325 g/mol. The number of piperazine rings is 1. The van der Waals surface area contributed by atoms with E-state index in [4.69, 9.17) is 0 Å². The Kier molecular flexibility index (Phi) is 4.42. The van der Waals surface area contributed by atoms with E-state index in [1.54, 1.807) is 23.4 Å². The number of aromatic nitrogens is 1. The summed E-state index contributed by atoms with van der Waals surface area (Å²) in [5.74, 6) is 0.0788. The summed E-state index contributed by atoms with van der Waals surface area (Å²) in [5, 5.41) is 0. The highest BCUT2D eigenvalue weighted by Crippen LogP contribution is 2.18. The zero-order valence-electron chi connectivity index (χ0n) is 14.4. The van der Waals surface area contributed by atoms with Gasteiger partial charge in [-0.3, -0.25) is 9.59 Å². The Balaban J connectivity index is 1.67. The predicted molar refractivity (Wildman–Crippen MR) is 93.3 cm³/mol. The predicted octanol–water partition coefficient (Wildman–Crippen LogP) is 2.54. The minimum atomic E-state index is 0.0192. The summed E-state index contributed by atoms with van der Waals surface area (Å²) >= 11 is 0. The molecule has 1 aliphatic rings. The fourth-order valence-electron chi connectivity index (χ4n) is 3.11. The molecule has 5 heteroatoms. The van der Waals surface area contributed by atoms with Crippen LogP contribution in [0.4, 0.5) is 0 Å². The molecule has 1 N–H and O–H groups in total. The third-order valence-electron chi connectivity index (χ3n) is 4.77. The number of carbonyl (C=O) groups excluding carboxylic acids is 2. The summed E-state index contributed by atoms with van der Waals surface area (Å²) in [7, 11) is 0. The van der Waals surface area contributed by atoms with Crippen molar-refractivity contribution < 1.29 is 9.59 Å². The molecule has 5 nitrogen and oxygen atoms in total. The van der Waals surface area contributed by atoms with E-state index in [2.05, 4.69) is 18.0 Å². The highest BCUT2D eigenvalue weighted by molar-refractivity contribution is 5.97. The van der Waals surface area contributed by atoms with Crippen LogP contribution in [0.5, 0.6) is 0 Å². The first-order chi connectivity index (χ1) is 11.5. The number of hydrogen-bond acceptors (Lipinski definition) is 2. The second-order valence-electron chi connectivity index (χ2n) is 6.44. The van der Waals surface area contributed by atoms with Crippen molar-refractivity contribution in [3.8, 4) is 0 Å². The van der Waals surface area contributed by atoms with Gasteiger partial charge in [0, 0.05) is 44.1 Å². The van der Waals surface area contributed by atoms with E-state index in [9.17, 15) is 9.59 Å². The van der Waals surface area contributed by atoms with Crippen molar-refractivity contribution in [2.75, 3.05) is 26.2 Å². The molecule has 0 radical (unpaired) electrons. The molecule has 126 valence electrons. The van der Waals surface area contributed by atoms with E-state index in [1.165, 1.54) is 5.56 Å². The van der Waals surface area contributed by atoms with Crippen LogP contribution in [0.2, 0.25) is 0 Å². The van der Waals surface area contributed by atoms with Crippen LogP contribution in [0.1, 0.15) is 37.4 Å². The highest BCUT2D eigenvalue weighted by Gasteiger charge is 2.26. The fourth-order valence-corrected chi connectivity index (χ4v) is 3.11. The summed E-state index contributed by atoms with van der Waals surface area (Å²) in [6.07, 6.45) is 3.45. The Bertz CT molecular complexity index is 757. The van der Waals surface area contributed by atoms with Crippen LogP contribution in [0.3, 0.4) is 0 Å². The molecule has 1 aromatic carbocycles.